The highest BCUT2D eigenvalue weighted by Gasteiger charge is 2.14. The molecule has 5 heteroatoms. The van der Waals surface area contributed by atoms with Gasteiger partial charge < -0.3 is 18.9 Å². The van der Waals surface area contributed by atoms with Gasteiger partial charge in [0, 0.05) is 14.2 Å². The minimum atomic E-state index is -0.0670. The van der Waals surface area contributed by atoms with E-state index in [1.54, 1.807) is 14.2 Å². The molecule has 0 amide bonds. The lowest BCUT2D eigenvalue weighted by atomic mass is 10.3. The van der Waals surface area contributed by atoms with Crippen LogP contribution in [0.2, 0.25) is 0 Å². The lowest BCUT2D eigenvalue weighted by Gasteiger charge is -2.22. The highest BCUT2D eigenvalue weighted by molar-refractivity contribution is 6.18. The second-order valence-corrected chi connectivity index (χ2v) is 3.77. The van der Waals surface area contributed by atoms with Crippen LogP contribution in [0.25, 0.3) is 0 Å². The normalized spacial score (nSPS) is 15.0. The van der Waals surface area contributed by atoms with E-state index in [0.717, 1.165) is 6.42 Å². The van der Waals surface area contributed by atoms with Crippen LogP contribution in [0.15, 0.2) is 0 Å². The molecular formula is C11H23ClO4. The fourth-order valence-corrected chi connectivity index (χ4v) is 1.35. The van der Waals surface area contributed by atoms with Crippen molar-refractivity contribution in [3.05, 3.63) is 0 Å². The van der Waals surface area contributed by atoms with Gasteiger partial charge in [-0.05, 0) is 6.42 Å². The van der Waals surface area contributed by atoms with Gasteiger partial charge in [-0.15, -0.1) is 11.6 Å². The van der Waals surface area contributed by atoms with Crippen molar-refractivity contribution in [1.82, 2.24) is 0 Å². The number of alkyl halides is 1. The third-order valence-corrected chi connectivity index (χ3v) is 2.44. The van der Waals surface area contributed by atoms with Crippen molar-refractivity contribution in [1.29, 1.82) is 0 Å². The second-order valence-electron chi connectivity index (χ2n) is 3.47. The van der Waals surface area contributed by atoms with Crippen LogP contribution in [0.3, 0.4) is 0 Å². The Bertz CT molecular complexity index is 146. The Kier molecular flexibility index (Phi) is 11.7. The summed E-state index contributed by atoms with van der Waals surface area (Å²) < 4.78 is 21.1. The Balaban J connectivity index is 3.70. The van der Waals surface area contributed by atoms with Crippen molar-refractivity contribution in [2.24, 2.45) is 0 Å². The molecule has 0 aliphatic heterocycles. The zero-order valence-electron chi connectivity index (χ0n) is 10.4. The molecule has 2 unspecified atom stereocenters. The predicted molar refractivity (Wildman–Crippen MR) is 64.2 cm³/mol. The van der Waals surface area contributed by atoms with Crippen LogP contribution in [0.4, 0.5) is 0 Å². The monoisotopic (exact) mass is 254 g/mol. The summed E-state index contributed by atoms with van der Waals surface area (Å²) in [5, 5.41) is 0. The average molecular weight is 255 g/mol. The Hall–Kier alpha value is 0.130. The van der Waals surface area contributed by atoms with Crippen LogP contribution in [-0.2, 0) is 18.9 Å². The number of rotatable bonds is 11. The van der Waals surface area contributed by atoms with Crippen LogP contribution in [-0.4, -0.2) is 58.7 Å². The fraction of sp³-hybridized carbons (Fsp3) is 1.00. The molecule has 0 spiro atoms. The summed E-state index contributed by atoms with van der Waals surface area (Å²) in [5.74, 6) is 0.433. The topological polar surface area (TPSA) is 36.9 Å². The molecule has 0 bridgehead atoms. The van der Waals surface area contributed by atoms with Crippen molar-refractivity contribution in [3.8, 4) is 0 Å². The third-order valence-electron chi connectivity index (χ3n) is 2.10. The van der Waals surface area contributed by atoms with E-state index in [1.807, 2.05) is 0 Å². The smallest absolute Gasteiger partial charge is 0.0948 e. The van der Waals surface area contributed by atoms with Gasteiger partial charge in [0.05, 0.1) is 44.5 Å². The molecule has 0 radical (unpaired) electrons. The van der Waals surface area contributed by atoms with Gasteiger partial charge >= 0.3 is 0 Å². The average Bonchev–Trinajstić information content (AvgIpc) is 2.31. The number of hydrogen-bond acceptors (Lipinski definition) is 4. The van der Waals surface area contributed by atoms with E-state index >= 15 is 0 Å². The van der Waals surface area contributed by atoms with Crippen LogP contribution in [0.5, 0.6) is 0 Å². The number of ether oxygens (including phenoxy) is 4. The van der Waals surface area contributed by atoms with Crippen molar-refractivity contribution in [2.45, 2.75) is 25.6 Å². The molecule has 0 aromatic rings. The van der Waals surface area contributed by atoms with Gasteiger partial charge in [0.15, 0.2) is 0 Å². The minimum Gasteiger partial charge on any atom is -0.382 e. The molecule has 4 nitrogen and oxygen atoms in total. The zero-order valence-corrected chi connectivity index (χ0v) is 11.2. The van der Waals surface area contributed by atoms with E-state index in [-0.39, 0.29) is 12.2 Å². The van der Waals surface area contributed by atoms with E-state index in [4.69, 9.17) is 30.5 Å². The zero-order chi connectivity index (χ0) is 12.2. The molecule has 0 fully saturated rings. The van der Waals surface area contributed by atoms with Crippen LogP contribution < -0.4 is 0 Å². The Morgan fingerprint density at radius 2 is 1.75 bits per heavy atom. The summed E-state index contributed by atoms with van der Waals surface area (Å²) in [6, 6.07) is 0. The van der Waals surface area contributed by atoms with Gasteiger partial charge in [-0.2, -0.15) is 0 Å². The summed E-state index contributed by atoms with van der Waals surface area (Å²) in [5.41, 5.74) is 0. The van der Waals surface area contributed by atoms with Gasteiger partial charge in [-0.25, -0.2) is 0 Å². The first-order valence-electron chi connectivity index (χ1n) is 5.55. The van der Waals surface area contributed by atoms with Gasteiger partial charge in [0.25, 0.3) is 0 Å². The fourth-order valence-electron chi connectivity index (χ4n) is 1.19. The quantitative estimate of drug-likeness (QED) is 0.415. The lowest BCUT2D eigenvalue weighted by molar-refractivity contribution is -0.0759. The standard InChI is InChI=1S/C11H23ClO4/c1-4-10(9-15-6-5-13-2)16-11(7-12)8-14-3/h10-11H,4-9H2,1-3H3. The molecule has 2 atom stereocenters. The maximum atomic E-state index is 5.77. The first kappa shape index (κ1) is 16.1. The maximum absolute atomic E-state index is 5.77. The first-order valence-corrected chi connectivity index (χ1v) is 6.08. The van der Waals surface area contributed by atoms with Crippen molar-refractivity contribution in [2.75, 3.05) is 46.5 Å². The number of hydrogen-bond donors (Lipinski definition) is 0. The summed E-state index contributed by atoms with van der Waals surface area (Å²) in [6.45, 7) is 4.33. The molecule has 0 aromatic carbocycles. The maximum Gasteiger partial charge on any atom is 0.0948 e. The molecule has 0 aliphatic carbocycles. The molecule has 0 N–H and O–H groups in total. The van der Waals surface area contributed by atoms with Crippen LogP contribution in [0, 0.1) is 0 Å². The van der Waals surface area contributed by atoms with E-state index in [2.05, 4.69) is 6.92 Å². The molecule has 0 aliphatic rings. The van der Waals surface area contributed by atoms with Gasteiger partial charge in [-0.1, -0.05) is 6.92 Å². The first-order chi connectivity index (χ1) is 7.78. The molecule has 0 saturated carbocycles. The van der Waals surface area contributed by atoms with Crippen molar-refractivity contribution >= 4 is 11.6 Å². The van der Waals surface area contributed by atoms with E-state index < -0.39 is 0 Å². The molecule has 0 rings (SSSR count). The Morgan fingerprint density at radius 3 is 2.25 bits per heavy atom. The Labute approximate surface area is 103 Å². The predicted octanol–water partition coefficient (Wildman–Crippen LogP) is 1.70. The number of methoxy groups -OCH3 is 2. The van der Waals surface area contributed by atoms with Gasteiger partial charge in [-0.3, -0.25) is 0 Å². The second kappa shape index (κ2) is 11.6. The summed E-state index contributed by atoms with van der Waals surface area (Å²) in [6.07, 6.45) is 0.891. The number of halogens is 1. The SMILES string of the molecule is CCC(COCCOC)OC(CCl)COC. The third kappa shape index (κ3) is 8.30. The molecule has 0 aromatic heterocycles. The minimum absolute atomic E-state index is 0.0655. The molecule has 0 saturated heterocycles. The summed E-state index contributed by atoms with van der Waals surface area (Å²) >= 11 is 5.77. The van der Waals surface area contributed by atoms with E-state index in [1.165, 1.54) is 0 Å². The lowest BCUT2D eigenvalue weighted by Crippen LogP contribution is -2.30. The van der Waals surface area contributed by atoms with Crippen molar-refractivity contribution in [3.63, 3.8) is 0 Å². The largest absolute Gasteiger partial charge is 0.382 e. The summed E-state index contributed by atoms with van der Waals surface area (Å²) in [4.78, 5) is 0. The van der Waals surface area contributed by atoms with Crippen LogP contribution in [0.1, 0.15) is 13.3 Å². The highest BCUT2D eigenvalue weighted by atomic mass is 35.5. The molecular weight excluding hydrogens is 232 g/mol. The Morgan fingerprint density at radius 1 is 1.00 bits per heavy atom. The van der Waals surface area contributed by atoms with Gasteiger partial charge in [0.1, 0.15) is 0 Å². The van der Waals surface area contributed by atoms with E-state index in [9.17, 15) is 0 Å². The molecule has 16 heavy (non-hydrogen) atoms. The van der Waals surface area contributed by atoms with Crippen molar-refractivity contribution < 1.29 is 18.9 Å². The van der Waals surface area contributed by atoms with Gasteiger partial charge in [0.2, 0.25) is 0 Å². The molecule has 98 valence electrons. The highest BCUT2D eigenvalue weighted by Crippen LogP contribution is 2.06. The summed E-state index contributed by atoms with van der Waals surface area (Å²) in [7, 11) is 3.29. The van der Waals surface area contributed by atoms with E-state index in [0.29, 0.717) is 32.3 Å². The van der Waals surface area contributed by atoms with Crippen LogP contribution >= 0.6 is 11.6 Å². The molecule has 0 heterocycles.